The number of hydrogen-bond acceptors (Lipinski definition) is 10. The van der Waals surface area contributed by atoms with Gasteiger partial charge in [-0.25, -0.2) is 4.39 Å². The maximum Gasteiger partial charge on any atom is 0.406 e. The van der Waals surface area contributed by atoms with E-state index in [0.717, 1.165) is 22.0 Å². The molecule has 2 atom stereocenters. The Morgan fingerprint density at radius 1 is 1.05 bits per heavy atom. The molecule has 2 unspecified atom stereocenters. The number of ether oxygens (including phenoxy) is 2. The number of aliphatic hydroxyl groups is 1. The van der Waals surface area contributed by atoms with Gasteiger partial charge in [-0.3, -0.25) is 14.6 Å². The van der Waals surface area contributed by atoms with E-state index < -0.39 is 36.6 Å². The molecule has 3 aromatic carbocycles. The maximum atomic E-state index is 13.8. The van der Waals surface area contributed by atoms with E-state index >= 15 is 0 Å². The van der Waals surface area contributed by atoms with Gasteiger partial charge in [0.15, 0.2) is 6.10 Å². The second-order valence-electron chi connectivity index (χ2n) is 16.2. The lowest BCUT2D eigenvalue weighted by Crippen LogP contribution is -2.46. The molecule has 2 aromatic heterocycles. The zero-order chi connectivity index (χ0) is 47.8. The molecule has 13 nitrogen and oxygen atoms in total. The van der Waals surface area contributed by atoms with E-state index in [1.807, 2.05) is 6.07 Å². The molecule has 2 aliphatic rings. The van der Waals surface area contributed by atoms with Crippen molar-refractivity contribution in [1.82, 2.24) is 25.1 Å². The number of pyridine rings is 1. The topological polar surface area (TPSA) is 159 Å². The highest BCUT2D eigenvalue weighted by atomic mass is 19.4. The van der Waals surface area contributed by atoms with Crippen LogP contribution < -0.4 is 36.1 Å². The van der Waals surface area contributed by atoms with Gasteiger partial charge in [-0.15, -0.1) is 0 Å². The number of fused-ring (bicyclic) bond motifs is 2. The number of nitrogens with one attached hydrogen (secondary N) is 3. The number of nitrogens with zero attached hydrogens (tertiary/aromatic N) is 4. The van der Waals surface area contributed by atoms with Crippen LogP contribution in [0.2, 0.25) is 0 Å². The standard InChI is InChI=1S/C40H39F4N7O5.C6H13N.C3H8/c1-50-21-38(53)49-27(22-52)15-24-8-11-29(18-35(24)50)56-37(32-12-10-26(41)19-47-32)20-48-39(54)25-9-13-36(55-2)33(16-25)46-14-4-5-28-17-30-31(45)6-3-7-34(30)51(28)23-40(42,43)44;1-7-5-3-2-4-6-7;1-3-2/h3,6-13,16-19,27,37,46,52H,14-15,20-23,45H2,1-2H3,(H,48,54)(H,49,53);2-6H2,1H3;3H2,1-2H3. The lowest BCUT2D eigenvalue weighted by atomic mass is 10.0. The molecule has 6 N–H and O–H groups in total. The number of alkyl halides is 3. The Labute approximate surface area is 383 Å². The Morgan fingerprint density at radius 3 is 2.45 bits per heavy atom. The van der Waals surface area contributed by atoms with Crippen LogP contribution in [0, 0.1) is 17.7 Å². The first-order valence-corrected chi connectivity index (χ1v) is 22.0. The van der Waals surface area contributed by atoms with Crippen LogP contribution in [0.25, 0.3) is 10.9 Å². The summed E-state index contributed by atoms with van der Waals surface area (Å²) in [6.07, 6.45) is 1.63. The minimum Gasteiger partial charge on any atom is -0.495 e. The number of anilines is 3. The average Bonchev–Trinajstić information content (AvgIpc) is 3.63. The third-order valence-electron chi connectivity index (χ3n) is 10.6. The first-order valence-electron chi connectivity index (χ1n) is 22.0. The number of aliphatic hydroxyl groups excluding tert-OH is 1. The Bertz CT molecular complexity index is 2450. The van der Waals surface area contributed by atoms with Crippen molar-refractivity contribution in [1.29, 1.82) is 0 Å². The normalized spacial score (nSPS) is 15.5. The lowest BCUT2D eigenvalue weighted by Gasteiger charge is -2.29. The number of methoxy groups -OCH3 is 1. The number of hydrogen-bond donors (Lipinski definition) is 5. The SMILES string of the molecule is CCC.CN1CCCCC1.COc1ccc(C(=O)NCC(Oc2ccc3c(c2)N(C)CC(=O)NC(CO)C3)c2ccc(F)cn2)cc1NCC#Cc1cc2c(N)cccc2n1CC(F)(F)F. The molecule has 2 aliphatic heterocycles. The summed E-state index contributed by atoms with van der Waals surface area (Å²) in [6.45, 7) is 5.42. The van der Waals surface area contributed by atoms with Crippen LogP contribution in [0.4, 0.5) is 34.6 Å². The number of likely N-dealkylation sites (tertiary alicyclic amines) is 1. The molecule has 5 aromatic rings. The van der Waals surface area contributed by atoms with Gasteiger partial charge in [0.05, 0.1) is 68.2 Å². The smallest absolute Gasteiger partial charge is 0.406 e. The largest absolute Gasteiger partial charge is 0.495 e. The molecule has 0 radical (unpaired) electrons. The van der Waals surface area contributed by atoms with Gasteiger partial charge in [-0.1, -0.05) is 44.7 Å². The number of piperidine rings is 1. The molecular formula is C49H60F4N8O5. The van der Waals surface area contributed by atoms with Crippen molar-refractivity contribution >= 4 is 39.8 Å². The third-order valence-corrected chi connectivity index (χ3v) is 10.6. The average molecular weight is 917 g/mol. The van der Waals surface area contributed by atoms with Crippen molar-refractivity contribution in [3.05, 3.63) is 107 Å². The Balaban J connectivity index is 0.000000729. The molecule has 4 heterocycles. The molecule has 17 heteroatoms. The van der Waals surface area contributed by atoms with Gasteiger partial charge in [-0.2, -0.15) is 13.2 Å². The van der Waals surface area contributed by atoms with Gasteiger partial charge in [0.2, 0.25) is 5.91 Å². The van der Waals surface area contributed by atoms with Crippen LogP contribution in [-0.2, 0) is 17.8 Å². The van der Waals surface area contributed by atoms with E-state index in [1.165, 1.54) is 64.1 Å². The van der Waals surface area contributed by atoms with Gasteiger partial charge >= 0.3 is 6.18 Å². The summed E-state index contributed by atoms with van der Waals surface area (Å²) >= 11 is 0. The first-order chi connectivity index (χ1) is 31.6. The molecule has 0 spiro atoms. The summed E-state index contributed by atoms with van der Waals surface area (Å²) in [4.78, 5) is 34.2. The van der Waals surface area contributed by atoms with Crippen molar-refractivity contribution in [2.45, 2.75) is 70.8 Å². The molecule has 0 saturated carbocycles. The number of nitrogen functional groups attached to an aromatic ring is 1. The molecular weight excluding hydrogens is 857 g/mol. The van der Waals surface area contributed by atoms with Gasteiger partial charge in [0.1, 0.15) is 23.9 Å². The van der Waals surface area contributed by atoms with Gasteiger partial charge in [0, 0.05) is 35.4 Å². The monoisotopic (exact) mass is 916 g/mol. The van der Waals surface area contributed by atoms with Crippen LogP contribution in [0.3, 0.4) is 0 Å². The minimum atomic E-state index is -4.48. The number of likely N-dealkylation sites (N-methyl/N-ethyl adjacent to an activating group) is 1. The number of rotatable bonds is 11. The van der Waals surface area contributed by atoms with Crippen molar-refractivity contribution < 1.29 is 41.7 Å². The van der Waals surface area contributed by atoms with Crippen molar-refractivity contribution in [3.8, 4) is 23.3 Å². The highest BCUT2D eigenvalue weighted by molar-refractivity contribution is 5.96. The summed E-state index contributed by atoms with van der Waals surface area (Å²) < 4.78 is 67.0. The highest BCUT2D eigenvalue weighted by Gasteiger charge is 2.30. The lowest BCUT2D eigenvalue weighted by molar-refractivity contribution is -0.140. The van der Waals surface area contributed by atoms with Gasteiger partial charge < -0.3 is 50.6 Å². The Morgan fingerprint density at radius 2 is 1.80 bits per heavy atom. The predicted octanol–water partition coefficient (Wildman–Crippen LogP) is 7.33. The van der Waals surface area contributed by atoms with Crippen molar-refractivity contribution in [2.75, 3.05) is 76.5 Å². The minimum absolute atomic E-state index is 0.00208. The van der Waals surface area contributed by atoms with Crippen LogP contribution in [0.1, 0.15) is 72.9 Å². The van der Waals surface area contributed by atoms with E-state index in [9.17, 15) is 32.3 Å². The van der Waals surface area contributed by atoms with Crippen LogP contribution >= 0.6 is 0 Å². The number of carbonyl (C=O) groups excluding carboxylic acids is 2. The fourth-order valence-corrected chi connectivity index (χ4v) is 7.46. The number of aromatic nitrogens is 2. The first kappa shape index (κ1) is 50.5. The number of benzene rings is 3. The zero-order valence-electron chi connectivity index (χ0n) is 38.1. The number of amides is 2. The Kier molecular flexibility index (Phi) is 18.5. The van der Waals surface area contributed by atoms with E-state index in [0.29, 0.717) is 45.9 Å². The molecule has 0 bridgehead atoms. The molecule has 1 saturated heterocycles. The van der Waals surface area contributed by atoms with E-state index in [-0.39, 0.29) is 43.4 Å². The summed E-state index contributed by atoms with van der Waals surface area (Å²) in [5.74, 6) is 5.18. The summed E-state index contributed by atoms with van der Waals surface area (Å²) in [7, 11) is 5.41. The third kappa shape index (κ3) is 14.5. The van der Waals surface area contributed by atoms with E-state index in [2.05, 4.69) is 58.6 Å². The number of nitrogens with two attached hydrogens (primary N) is 1. The second-order valence-corrected chi connectivity index (χ2v) is 16.2. The molecule has 1 fully saturated rings. The number of carbonyl (C=O) groups is 2. The Hall–Kier alpha value is -6.51. The number of halogens is 4. The summed E-state index contributed by atoms with van der Waals surface area (Å²) in [5, 5.41) is 18.9. The maximum absolute atomic E-state index is 13.8. The fraction of sp³-hybridized carbons (Fsp3) is 0.408. The van der Waals surface area contributed by atoms with Crippen LogP contribution in [-0.4, -0.2) is 104 Å². The van der Waals surface area contributed by atoms with Crippen LogP contribution in [0.15, 0.2) is 79.0 Å². The summed E-state index contributed by atoms with van der Waals surface area (Å²) in [5.41, 5.74) is 9.41. The van der Waals surface area contributed by atoms with E-state index in [1.54, 1.807) is 60.5 Å². The molecule has 354 valence electrons. The second kappa shape index (κ2) is 24.1. The zero-order valence-corrected chi connectivity index (χ0v) is 38.1. The molecule has 7 rings (SSSR count). The highest BCUT2D eigenvalue weighted by Crippen LogP contribution is 2.32. The molecule has 0 aliphatic carbocycles. The predicted molar refractivity (Wildman–Crippen MR) is 250 cm³/mol. The fourth-order valence-electron chi connectivity index (χ4n) is 7.46. The van der Waals surface area contributed by atoms with Gasteiger partial charge in [0.25, 0.3) is 5.91 Å². The molecule has 2 amide bonds. The molecule has 66 heavy (non-hydrogen) atoms. The van der Waals surface area contributed by atoms with Crippen LogP contribution in [0.5, 0.6) is 11.5 Å². The summed E-state index contributed by atoms with van der Waals surface area (Å²) in [6, 6.07) is 18.5. The van der Waals surface area contributed by atoms with Crippen molar-refractivity contribution in [3.63, 3.8) is 0 Å². The van der Waals surface area contributed by atoms with Crippen molar-refractivity contribution in [2.24, 2.45) is 0 Å². The van der Waals surface area contributed by atoms with Gasteiger partial charge in [-0.05, 0) is 105 Å². The quantitative estimate of drug-likeness (QED) is 0.0516. The van der Waals surface area contributed by atoms with E-state index in [4.69, 9.17) is 15.2 Å².